The first-order chi connectivity index (χ1) is 11.8. The van der Waals surface area contributed by atoms with Gasteiger partial charge in [-0.1, -0.05) is 11.8 Å². The van der Waals surface area contributed by atoms with E-state index in [2.05, 4.69) is 37.3 Å². The third kappa shape index (κ3) is 3.83. The van der Waals surface area contributed by atoms with Gasteiger partial charge in [0.05, 0.1) is 22.1 Å². The highest BCUT2D eigenvalue weighted by molar-refractivity contribution is 7.98. The molecule has 0 saturated carbocycles. The normalized spacial score (nSPS) is 10.0. The predicted molar refractivity (Wildman–Crippen MR) is 98.2 cm³/mol. The van der Waals surface area contributed by atoms with Gasteiger partial charge in [0.15, 0.2) is 5.16 Å². The Morgan fingerprint density at radius 1 is 1.08 bits per heavy atom. The van der Waals surface area contributed by atoms with Crippen molar-refractivity contribution in [2.24, 2.45) is 4.99 Å². The lowest BCUT2D eigenvalue weighted by molar-refractivity contribution is 0.465. The Kier molecular flexibility index (Phi) is 5.28. The van der Waals surface area contributed by atoms with Crippen LogP contribution in [0, 0.1) is 0 Å². The lowest BCUT2D eigenvalue weighted by Crippen LogP contribution is -1.94. The number of hydrogen-bond acceptors (Lipinski definition) is 7. The molecule has 0 bridgehead atoms. The van der Waals surface area contributed by atoms with Crippen LogP contribution in [0.3, 0.4) is 0 Å². The third-order valence-corrected chi connectivity index (χ3v) is 3.74. The van der Waals surface area contributed by atoms with E-state index in [0.29, 0.717) is 16.8 Å². The number of hydrogen-bond donors (Lipinski definition) is 0. The molecule has 2 heterocycles. The van der Waals surface area contributed by atoms with Gasteiger partial charge in [-0.05, 0) is 60.9 Å². The Bertz CT molecular complexity index is 893. The van der Waals surface area contributed by atoms with Gasteiger partial charge in [0.1, 0.15) is 5.75 Å². The van der Waals surface area contributed by atoms with E-state index in [1.165, 1.54) is 11.8 Å². The van der Waals surface area contributed by atoms with Gasteiger partial charge in [-0.15, -0.1) is 0 Å². The van der Waals surface area contributed by atoms with Crippen molar-refractivity contribution in [1.29, 1.82) is 0 Å². The lowest BCUT2D eigenvalue weighted by atomic mass is 10.2. The van der Waals surface area contributed by atoms with E-state index in [1.807, 2.05) is 24.5 Å². The van der Waals surface area contributed by atoms with Crippen LogP contribution in [0.25, 0.3) is 11.3 Å². The summed E-state index contributed by atoms with van der Waals surface area (Å²) in [6.45, 7) is 0. The van der Waals surface area contributed by atoms with Crippen LogP contribution >= 0.6 is 24.0 Å². The molecule has 0 amide bonds. The van der Waals surface area contributed by atoms with E-state index in [0.717, 1.165) is 16.9 Å². The van der Waals surface area contributed by atoms with Gasteiger partial charge in [-0.25, -0.2) is 15.0 Å². The molecular weight excluding hydrogens is 340 g/mol. The van der Waals surface area contributed by atoms with Gasteiger partial charge in [0, 0.05) is 12.4 Å². The minimum Gasteiger partial charge on any atom is -0.438 e. The molecule has 118 valence electrons. The van der Waals surface area contributed by atoms with Gasteiger partial charge in [0.2, 0.25) is 5.88 Å². The molecule has 5 nitrogen and oxygen atoms in total. The zero-order valence-corrected chi connectivity index (χ0v) is 14.3. The number of aliphatic imine (C=N–C) groups is 1. The monoisotopic (exact) mass is 352 g/mol. The molecule has 0 atom stereocenters. The number of pyridine rings is 1. The Hall–Kier alpha value is -2.60. The molecule has 0 aliphatic carbocycles. The van der Waals surface area contributed by atoms with Crippen LogP contribution in [0.2, 0.25) is 0 Å². The van der Waals surface area contributed by atoms with Crippen molar-refractivity contribution in [1.82, 2.24) is 15.0 Å². The minimum atomic E-state index is 0.481. The molecular formula is C17H12N4OS2. The van der Waals surface area contributed by atoms with Crippen LogP contribution in [0.1, 0.15) is 0 Å². The van der Waals surface area contributed by atoms with E-state index in [-0.39, 0.29) is 0 Å². The maximum Gasteiger partial charge on any atom is 0.228 e. The summed E-state index contributed by atoms with van der Waals surface area (Å²) in [5.74, 6) is 1.13. The van der Waals surface area contributed by atoms with Gasteiger partial charge in [-0.3, -0.25) is 0 Å². The highest BCUT2D eigenvalue weighted by atomic mass is 32.2. The quantitative estimate of drug-likeness (QED) is 0.285. The molecule has 0 fully saturated rings. The Labute approximate surface area is 148 Å². The first-order valence-electron chi connectivity index (χ1n) is 6.98. The lowest BCUT2D eigenvalue weighted by Gasteiger charge is -2.10. The summed E-state index contributed by atoms with van der Waals surface area (Å²) in [6.07, 6.45) is 5.34. The maximum absolute atomic E-state index is 5.90. The maximum atomic E-state index is 5.90. The fraction of sp³-hybridized carbons (Fsp3) is 0.0588. The van der Waals surface area contributed by atoms with E-state index >= 15 is 0 Å². The molecule has 0 aliphatic rings. The molecule has 7 heteroatoms. The summed E-state index contributed by atoms with van der Waals surface area (Å²) in [5, 5.41) is 3.03. The van der Waals surface area contributed by atoms with Crippen LogP contribution in [0.4, 0.5) is 5.69 Å². The molecule has 0 radical (unpaired) electrons. The fourth-order valence-corrected chi connectivity index (χ4v) is 2.47. The van der Waals surface area contributed by atoms with Crippen molar-refractivity contribution in [2.75, 3.05) is 6.26 Å². The largest absolute Gasteiger partial charge is 0.438 e. The summed E-state index contributed by atoms with van der Waals surface area (Å²) in [5.41, 5.74) is 2.29. The molecule has 24 heavy (non-hydrogen) atoms. The van der Waals surface area contributed by atoms with E-state index in [4.69, 9.17) is 4.74 Å². The molecule has 0 spiro atoms. The topological polar surface area (TPSA) is 60.3 Å². The fourth-order valence-electron chi connectivity index (χ4n) is 2.01. The van der Waals surface area contributed by atoms with Crippen molar-refractivity contribution in [3.8, 4) is 22.9 Å². The second-order valence-corrected chi connectivity index (χ2v) is 5.54. The highest BCUT2D eigenvalue weighted by Gasteiger charge is 2.11. The van der Waals surface area contributed by atoms with Crippen molar-refractivity contribution < 1.29 is 4.74 Å². The summed E-state index contributed by atoms with van der Waals surface area (Å²) >= 11 is 6.08. The van der Waals surface area contributed by atoms with E-state index in [1.54, 1.807) is 36.7 Å². The Balaban J connectivity index is 1.92. The predicted octanol–water partition coefficient (Wildman–Crippen LogP) is 4.79. The van der Waals surface area contributed by atoms with Crippen molar-refractivity contribution >= 4 is 34.8 Å². The number of thiocarbonyl (C=S) groups is 1. The molecule has 2 aromatic heterocycles. The van der Waals surface area contributed by atoms with Crippen LogP contribution in [-0.4, -0.2) is 26.4 Å². The minimum absolute atomic E-state index is 0.481. The number of benzene rings is 1. The second-order valence-electron chi connectivity index (χ2n) is 4.58. The number of aromatic nitrogens is 3. The van der Waals surface area contributed by atoms with Gasteiger partial charge >= 0.3 is 0 Å². The van der Waals surface area contributed by atoms with Gasteiger partial charge in [0.25, 0.3) is 0 Å². The van der Waals surface area contributed by atoms with Crippen LogP contribution in [0.15, 0.2) is 65.0 Å². The van der Waals surface area contributed by atoms with E-state index < -0.39 is 0 Å². The van der Waals surface area contributed by atoms with Crippen molar-refractivity contribution in [2.45, 2.75) is 5.16 Å². The Morgan fingerprint density at radius 3 is 2.67 bits per heavy atom. The van der Waals surface area contributed by atoms with Gasteiger partial charge in [-0.2, -0.15) is 4.99 Å². The smallest absolute Gasteiger partial charge is 0.228 e. The third-order valence-electron chi connectivity index (χ3n) is 3.09. The number of nitrogens with zero attached hydrogens (tertiary/aromatic N) is 4. The van der Waals surface area contributed by atoms with Gasteiger partial charge < -0.3 is 4.74 Å². The number of isothiocyanates is 1. The molecule has 0 aliphatic heterocycles. The van der Waals surface area contributed by atoms with Crippen LogP contribution in [0.5, 0.6) is 11.6 Å². The van der Waals surface area contributed by atoms with E-state index in [9.17, 15) is 0 Å². The zero-order valence-electron chi connectivity index (χ0n) is 12.7. The summed E-state index contributed by atoms with van der Waals surface area (Å²) < 4.78 is 5.90. The average molecular weight is 352 g/mol. The molecule has 0 N–H and O–H groups in total. The van der Waals surface area contributed by atoms with Crippen LogP contribution in [-0.2, 0) is 0 Å². The first kappa shape index (κ1) is 16.3. The zero-order chi connectivity index (χ0) is 16.8. The van der Waals surface area contributed by atoms with Crippen LogP contribution < -0.4 is 4.74 Å². The SMILES string of the molecule is CSc1nccc(-c2cccnc2Oc2ccc(N=C=S)cc2)n1. The molecule has 1 aromatic carbocycles. The standard InChI is InChI=1S/C17H12N4OS2/c1-24-17-19-10-8-15(21-17)14-3-2-9-18-16(14)22-13-6-4-12(5-7-13)20-11-23/h2-10H,1H3. The second kappa shape index (κ2) is 7.79. The molecule has 0 saturated heterocycles. The van der Waals surface area contributed by atoms with Crippen molar-refractivity contribution in [3.05, 3.63) is 54.9 Å². The van der Waals surface area contributed by atoms with Crippen molar-refractivity contribution in [3.63, 3.8) is 0 Å². The number of ether oxygens (including phenoxy) is 1. The average Bonchev–Trinajstić information content (AvgIpc) is 2.64. The summed E-state index contributed by atoms with van der Waals surface area (Å²) in [7, 11) is 0. The number of thioether (sulfide) groups is 1. The summed E-state index contributed by atoms with van der Waals surface area (Å²) in [4.78, 5) is 16.9. The first-order valence-corrected chi connectivity index (χ1v) is 8.61. The molecule has 3 aromatic rings. The number of rotatable bonds is 5. The summed E-state index contributed by atoms with van der Waals surface area (Å²) in [6, 6.07) is 12.8. The molecule has 3 rings (SSSR count). The molecule has 0 unspecified atom stereocenters. The highest BCUT2D eigenvalue weighted by Crippen LogP contribution is 2.31. The Morgan fingerprint density at radius 2 is 1.92 bits per heavy atom.